The molecule has 0 atom stereocenters. The zero-order chi connectivity index (χ0) is 19.7. The van der Waals surface area contributed by atoms with Crippen LogP contribution in [-0.2, 0) is 4.79 Å². The Morgan fingerprint density at radius 2 is 1.68 bits per heavy atom. The van der Waals surface area contributed by atoms with Gasteiger partial charge in [-0.3, -0.25) is 9.69 Å². The van der Waals surface area contributed by atoms with Crippen molar-refractivity contribution >= 4 is 51.7 Å². The van der Waals surface area contributed by atoms with Crippen molar-refractivity contribution in [1.82, 2.24) is 4.90 Å². The summed E-state index contributed by atoms with van der Waals surface area (Å²) in [6.07, 6.45) is 3.95. The number of benzene rings is 2. The van der Waals surface area contributed by atoms with Crippen LogP contribution >= 0.6 is 35.7 Å². The Kier molecular flexibility index (Phi) is 5.62. The van der Waals surface area contributed by atoms with Gasteiger partial charge in [0, 0.05) is 18.0 Å². The Morgan fingerprint density at radius 3 is 2.36 bits per heavy atom. The number of fused-ring (bicyclic) bond motifs is 1. The molecule has 0 bridgehead atoms. The third-order valence-electron chi connectivity index (χ3n) is 4.72. The minimum Gasteiger partial charge on any atom is -0.335 e. The van der Waals surface area contributed by atoms with Crippen LogP contribution in [0, 0.1) is 0 Å². The maximum atomic E-state index is 12.4. The molecule has 0 unspecified atom stereocenters. The summed E-state index contributed by atoms with van der Waals surface area (Å²) in [6.45, 7) is 5.57. The SMILES string of the molecule is CCN1C(=O)/C(=C\C=C2/Sc3ccc(-c4ccccc4)cc3N2CC)SC1=S. The van der Waals surface area contributed by atoms with E-state index < -0.39 is 0 Å². The molecule has 2 heterocycles. The third kappa shape index (κ3) is 3.52. The fourth-order valence-electron chi connectivity index (χ4n) is 3.30. The van der Waals surface area contributed by atoms with Gasteiger partial charge in [0.05, 0.1) is 15.6 Å². The summed E-state index contributed by atoms with van der Waals surface area (Å²) < 4.78 is 0.638. The van der Waals surface area contributed by atoms with E-state index in [9.17, 15) is 4.79 Å². The highest BCUT2D eigenvalue weighted by atomic mass is 32.2. The van der Waals surface area contributed by atoms with Gasteiger partial charge in [-0.2, -0.15) is 0 Å². The normalized spacial score (nSPS) is 19.2. The first-order valence-corrected chi connectivity index (χ1v) is 11.3. The smallest absolute Gasteiger partial charge is 0.266 e. The molecule has 0 spiro atoms. The van der Waals surface area contributed by atoms with Crippen molar-refractivity contribution in [2.24, 2.45) is 0 Å². The topological polar surface area (TPSA) is 23.6 Å². The molecule has 0 N–H and O–H groups in total. The van der Waals surface area contributed by atoms with Crippen LogP contribution in [-0.4, -0.2) is 28.2 Å². The molecule has 0 saturated carbocycles. The van der Waals surface area contributed by atoms with Crippen LogP contribution in [0.5, 0.6) is 0 Å². The first-order valence-electron chi connectivity index (χ1n) is 9.23. The van der Waals surface area contributed by atoms with Crippen molar-refractivity contribution < 1.29 is 4.79 Å². The number of amides is 1. The van der Waals surface area contributed by atoms with Crippen molar-refractivity contribution in [1.29, 1.82) is 0 Å². The van der Waals surface area contributed by atoms with Gasteiger partial charge in [-0.25, -0.2) is 0 Å². The number of likely N-dealkylation sites (N-methyl/N-ethyl adjacent to an activating group) is 1. The van der Waals surface area contributed by atoms with E-state index in [2.05, 4.69) is 54.3 Å². The highest BCUT2D eigenvalue weighted by molar-refractivity contribution is 8.26. The number of hydrogen-bond donors (Lipinski definition) is 0. The van der Waals surface area contributed by atoms with Crippen molar-refractivity contribution in [3.8, 4) is 11.1 Å². The number of nitrogens with zero attached hydrogens (tertiary/aromatic N) is 2. The van der Waals surface area contributed by atoms with E-state index >= 15 is 0 Å². The second-order valence-corrected chi connectivity index (χ2v) is 9.09. The number of thiocarbonyl (C=S) groups is 1. The van der Waals surface area contributed by atoms with Crippen LogP contribution in [0.15, 0.2) is 75.5 Å². The van der Waals surface area contributed by atoms with Gasteiger partial charge in [0.1, 0.15) is 4.32 Å². The fraction of sp³-hybridized carbons (Fsp3) is 0.182. The molecule has 2 aliphatic heterocycles. The van der Waals surface area contributed by atoms with Gasteiger partial charge in [-0.05, 0) is 49.3 Å². The number of anilines is 1. The molecule has 2 aromatic rings. The molecule has 0 aromatic heterocycles. The number of hydrogen-bond acceptors (Lipinski definition) is 5. The molecule has 0 radical (unpaired) electrons. The molecular weight excluding hydrogens is 404 g/mol. The number of rotatable bonds is 4. The van der Waals surface area contributed by atoms with Gasteiger partial charge < -0.3 is 4.90 Å². The molecule has 2 aromatic carbocycles. The van der Waals surface area contributed by atoms with Crippen LogP contribution in [0.4, 0.5) is 5.69 Å². The Bertz CT molecular complexity index is 998. The maximum Gasteiger partial charge on any atom is 0.266 e. The van der Waals surface area contributed by atoms with E-state index in [1.807, 2.05) is 25.1 Å². The molecular formula is C22H20N2OS3. The highest BCUT2D eigenvalue weighted by Gasteiger charge is 2.30. The molecule has 2 aliphatic rings. The quantitative estimate of drug-likeness (QED) is 0.450. The lowest BCUT2D eigenvalue weighted by Gasteiger charge is -2.18. The predicted molar refractivity (Wildman–Crippen MR) is 124 cm³/mol. The zero-order valence-corrected chi connectivity index (χ0v) is 18.2. The maximum absolute atomic E-state index is 12.4. The van der Waals surface area contributed by atoms with E-state index in [1.54, 1.807) is 16.7 Å². The standard InChI is InChI=1S/C22H20N2OS3/c1-3-23-17-14-16(15-8-6-5-7-9-15)10-11-18(17)27-20(23)13-12-19-21(25)24(4-2)22(26)28-19/h5-14H,3-4H2,1-2H3/b19-12+,20-13-. The second kappa shape index (κ2) is 8.15. The summed E-state index contributed by atoms with van der Waals surface area (Å²) in [5.74, 6) is 0.00396. The molecule has 3 nitrogen and oxygen atoms in total. The average molecular weight is 425 g/mol. The monoisotopic (exact) mass is 424 g/mol. The molecule has 1 fully saturated rings. The molecule has 0 aliphatic carbocycles. The van der Waals surface area contributed by atoms with Crippen molar-refractivity contribution in [3.63, 3.8) is 0 Å². The van der Waals surface area contributed by atoms with Crippen LogP contribution in [0.25, 0.3) is 11.1 Å². The Hall–Kier alpha value is -2.02. The lowest BCUT2D eigenvalue weighted by atomic mass is 10.0. The molecule has 142 valence electrons. The summed E-state index contributed by atoms with van der Waals surface area (Å²) in [5, 5.41) is 1.13. The highest BCUT2D eigenvalue weighted by Crippen LogP contribution is 2.47. The van der Waals surface area contributed by atoms with E-state index in [4.69, 9.17) is 12.2 Å². The predicted octanol–water partition coefficient (Wildman–Crippen LogP) is 5.89. The Labute approximate surface area is 179 Å². The second-order valence-electron chi connectivity index (χ2n) is 6.35. The van der Waals surface area contributed by atoms with Crippen molar-refractivity contribution in [2.45, 2.75) is 18.7 Å². The molecule has 1 saturated heterocycles. The van der Waals surface area contributed by atoms with Crippen molar-refractivity contribution in [2.75, 3.05) is 18.0 Å². The van der Waals surface area contributed by atoms with Gasteiger partial charge in [-0.1, -0.05) is 72.1 Å². The lowest BCUT2D eigenvalue weighted by molar-refractivity contribution is -0.122. The molecule has 6 heteroatoms. The lowest BCUT2D eigenvalue weighted by Crippen LogP contribution is -2.27. The molecule has 28 heavy (non-hydrogen) atoms. The Balaban J connectivity index is 1.63. The number of allylic oxidation sites excluding steroid dienone is 2. The summed E-state index contributed by atoms with van der Waals surface area (Å²) in [5.41, 5.74) is 3.64. The van der Waals surface area contributed by atoms with Crippen molar-refractivity contribution in [3.05, 3.63) is 70.6 Å². The van der Waals surface area contributed by atoms with E-state index in [0.717, 1.165) is 11.6 Å². The van der Waals surface area contributed by atoms with E-state index in [-0.39, 0.29) is 5.91 Å². The average Bonchev–Trinajstić information content (AvgIpc) is 3.21. The minimum atomic E-state index is 0.00396. The number of carbonyl (C=O) groups is 1. The third-order valence-corrected chi connectivity index (χ3v) is 7.25. The first kappa shape index (κ1) is 19.3. The van der Waals surface area contributed by atoms with Gasteiger partial charge in [0.15, 0.2) is 0 Å². The largest absolute Gasteiger partial charge is 0.335 e. The van der Waals surface area contributed by atoms with E-state index in [1.165, 1.54) is 33.5 Å². The summed E-state index contributed by atoms with van der Waals surface area (Å²) >= 11 is 8.42. The summed E-state index contributed by atoms with van der Waals surface area (Å²) in [6, 6.07) is 17.0. The van der Waals surface area contributed by atoms with Crippen LogP contribution in [0.3, 0.4) is 0 Å². The number of thioether (sulfide) groups is 2. The molecule has 4 rings (SSSR count). The van der Waals surface area contributed by atoms with Gasteiger partial charge in [0.25, 0.3) is 5.91 Å². The summed E-state index contributed by atoms with van der Waals surface area (Å²) in [4.78, 5) is 18.3. The fourth-order valence-corrected chi connectivity index (χ4v) is 5.73. The van der Waals surface area contributed by atoms with Crippen LogP contribution < -0.4 is 4.90 Å². The van der Waals surface area contributed by atoms with Gasteiger partial charge in [0.2, 0.25) is 0 Å². The van der Waals surface area contributed by atoms with Gasteiger partial charge in [-0.15, -0.1) is 0 Å². The Morgan fingerprint density at radius 1 is 0.929 bits per heavy atom. The van der Waals surface area contributed by atoms with E-state index in [0.29, 0.717) is 15.8 Å². The van der Waals surface area contributed by atoms with Crippen LogP contribution in [0.1, 0.15) is 13.8 Å². The van der Waals surface area contributed by atoms with Crippen LogP contribution in [0.2, 0.25) is 0 Å². The zero-order valence-electron chi connectivity index (χ0n) is 15.7. The minimum absolute atomic E-state index is 0.00396. The first-order chi connectivity index (χ1) is 13.6. The molecule has 1 amide bonds. The number of carbonyl (C=O) groups excluding carboxylic acids is 1. The summed E-state index contributed by atoms with van der Waals surface area (Å²) in [7, 11) is 0. The van der Waals surface area contributed by atoms with Gasteiger partial charge >= 0.3 is 0 Å².